The zero-order valence-electron chi connectivity index (χ0n) is 19.8. The van der Waals surface area contributed by atoms with Gasteiger partial charge in [-0.05, 0) is 62.5 Å². The minimum atomic E-state index is -0.772. The van der Waals surface area contributed by atoms with Crippen LogP contribution < -0.4 is 5.32 Å². The first-order valence-electron chi connectivity index (χ1n) is 12.2. The molecule has 178 valence electrons. The molecule has 1 aliphatic carbocycles. The Balaban J connectivity index is 1.45. The molecule has 6 nitrogen and oxygen atoms in total. The Bertz CT molecular complexity index is 1240. The monoisotopic (exact) mass is 477 g/mol. The van der Waals surface area contributed by atoms with Crippen LogP contribution in [0.15, 0.2) is 42.5 Å². The van der Waals surface area contributed by atoms with Crippen LogP contribution in [0, 0.1) is 11.8 Å². The molecule has 2 heterocycles. The molecule has 2 aromatic carbocycles. The lowest BCUT2D eigenvalue weighted by Gasteiger charge is -2.26. The number of thioether (sulfide) groups is 1. The minimum Gasteiger partial charge on any atom is -0.341 e. The van der Waals surface area contributed by atoms with Crippen LogP contribution in [0.5, 0.6) is 0 Å². The standard InChI is InChI=1S/C27H31N3O3S/c1-3-29-22-11-7-6-8-18(22)21-16-17(12-13-23(21)29)28-25(31)24(14-15-34-2)30-26(32)19-9-4-5-10-20(19)27(30)33/h6-8,11-13,16,19-20,24H,3-5,9-10,14-15H2,1-2H3,(H,28,31). The van der Waals surface area contributed by atoms with Crippen molar-refractivity contribution in [3.8, 4) is 0 Å². The molecule has 1 aromatic heterocycles. The average Bonchev–Trinajstić information content (AvgIpc) is 3.31. The van der Waals surface area contributed by atoms with Crippen LogP contribution in [0.2, 0.25) is 0 Å². The van der Waals surface area contributed by atoms with Crippen molar-refractivity contribution in [3.63, 3.8) is 0 Å². The van der Waals surface area contributed by atoms with E-state index in [0.29, 0.717) is 17.9 Å². The summed E-state index contributed by atoms with van der Waals surface area (Å²) in [5.74, 6) is -0.388. The van der Waals surface area contributed by atoms with E-state index in [1.54, 1.807) is 11.8 Å². The van der Waals surface area contributed by atoms with Crippen molar-refractivity contribution in [3.05, 3.63) is 42.5 Å². The number of carbonyl (C=O) groups is 3. The molecule has 1 saturated carbocycles. The summed E-state index contributed by atoms with van der Waals surface area (Å²) in [6, 6.07) is 13.4. The number of amides is 3. The summed E-state index contributed by atoms with van der Waals surface area (Å²) in [6.07, 6.45) is 5.88. The average molecular weight is 478 g/mol. The molecule has 1 N–H and O–H groups in total. The quantitative estimate of drug-likeness (QED) is 0.484. The van der Waals surface area contributed by atoms with Crippen LogP contribution in [0.4, 0.5) is 5.69 Å². The number of anilines is 1. The Morgan fingerprint density at radius 1 is 1.03 bits per heavy atom. The van der Waals surface area contributed by atoms with E-state index in [2.05, 4.69) is 28.9 Å². The molecule has 2 fully saturated rings. The number of hydrogen-bond donors (Lipinski definition) is 1. The largest absolute Gasteiger partial charge is 0.341 e. The first-order valence-corrected chi connectivity index (χ1v) is 13.6. The summed E-state index contributed by atoms with van der Waals surface area (Å²) >= 11 is 1.62. The number of para-hydroxylation sites is 1. The molecule has 1 saturated heterocycles. The third kappa shape index (κ3) is 3.80. The Morgan fingerprint density at radius 3 is 2.38 bits per heavy atom. The minimum absolute atomic E-state index is 0.155. The Hall–Kier alpha value is -2.80. The lowest BCUT2D eigenvalue weighted by atomic mass is 9.81. The van der Waals surface area contributed by atoms with Crippen molar-refractivity contribution in [2.75, 3.05) is 17.3 Å². The normalized spacial score (nSPS) is 21.3. The van der Waals surface area contributed by atoms with E-state index in [9.17, 15) is 14.4 Å². The lowest BCUT2D eigenvalue weighted by molar-refractivity contribution is -0.146. The van der Waals surface area contributed by atoms with Gasteiger partial charge in [0.15, 0.2) is 0 Å². The molecule has 0 radical (unpaired) electrons. The molecule has 3 unspecified atom stereocenters. The van der Waals surface area contributed by atoms with Gasteiger partial charge in [0, 0.05) is 34.0 Å². The summed E-state index contributed by atoms with van der Waals surface area (Å²) in [6.45, 7) is 2.98. The highest BCUT2D eigenvalue weighted by Gasteiger charge is 2.51. The van der Waals surface area contributed by atoms with Crippen LogP contribution in [0.25, 0.3) is 21.8 Å². The van der Waals surface area contributed by atoms with Crippen molar-refractivity contribution in [2.24, 2.45) is 11.8 Å². The third-order valence-electron chi connectivity index (χ3n) is 7.44. The van der Waals surface area contributed by atoms with Crippen LogP contribution >= 0.6 is 11.8 Å². The maximum atomic E-state index is 13.5. The number of imide groups is 1. The number of hydrogen-bond acceptors (Lipinski definition) is 4. The zero-order valence-corrected chi connectivity index (χ0v) is 20.6. The van der Waals surface area contributed by atoms with Gasteiger partial charge in [-0.25, -0.2) is 0 Å². The number of likely N-dealkylation sites (tertiary alicyclic amines) is 1. The molecule has 0 spiro atoms. The lowest BCUT2D eigenvalue weighted by Crippen LogP contribution is -2.48. The third-order valence-corrected chi connectivity index (χ3v) is 8.09. The Morgan fingerprint density at radius 2 is 1.71 bits per heavy atom. The number of nitrogens with zero attached hydrogens (tertiary/aromatic N) is 2. The molecule has 3 atom stereocenters. The Kier molecular flexibility index (Phi) is 6.38. The number of carbonyl (C=O) groups excluding carboxylic acids is 3. The predicted molar refractivity (Wildman–Crippen MR) is 138 cm³/mol. The molecular formula is C27H31N3O3S. The number of benzene rings is 2. The van der Waals surface area contributed by atoms with Gasteiger partial charge in [-0.1, -0.05) is 31.0 Å². The number of aryl methyl sites for hydroxylation is 1. The number of rotatable bonds is 7. The molecule has 3 amide bonds. The molecule has 2 aliphatic rings. The van der Waals surface area contributed by atoms with Crippen LogP contribution in [0.1, 0.15) is 39.0 Å². The number of fused-ring (bicyclic) bond motifs is 4. The zero-order chi connectivity index (χ0) is 23.8. The summed E-state index contributed by atoms with van der Waals surface area (Å²) in [4.78, 5) is 41.2. The van der Waals surface area contributed by atoms with Crippen molar-refractivity contribution in [1.82, 2.24) is 9.47 Å². The highest BCUT2D eigenvalue weighted by Crippen LogP contribution is 2.39. The fourth-order valence-electron chi connectivity index (χ4n) is 5.80. The van der Waals surface area contributed by atoms with Gasteiger partial charge >= 0.3 is 0 Å². The van der Waals surface area contributed by atoms with Gasteiger partial charge in [-0.3, -0.25) is 19.3 Å². The van der Waals surface area contributed by atoms with Crippen LogP contribution in [-0.2, 0) is 20.9 Å². The smallest absolute Gasteiger partial charge is 0.247 e. The van der Waals surface area contributed by atoms with Gasteiger partial charge in [0.2, 0.25) is 17.7 Å². The van der Waals surface area contributed by atoms with Gasteiger partial charge in [-0.15, -0.1) is 0 Å². The molecule has 34 heavy (non-hydrogen) atoms. The second-order valence-electron chi connectivity index (χ2n) is 9.32. The van der Waals surface area contributed by atoms with Gasteiger partial charge < -0.3 is 9.88 Å². The van der Waals surface area contributed by atoms with Crippen molar-refractivity contribution in [2.45, 2.75) is 51.6 Å². The second kappa shape index (κ2) is 9.45. The van der Waals surface area contributed by atoms with E-state index in [1.165, 1.54) is 4.90 Å². The van der Waals surface area contributed by atoms with Crippen molar-refractivity contribution < 1.29 is 14.4 Å². The second-order valence-corrected chi connectivity index (χ2v) is 10.3. The van der Waals surface area contributed by atoms with E-state index in [1.807, 2.05) is 36.6 Å². The van der Waals surface area contributed by atoms with Gasteiger partial charge in [-0.2, -0.15) is 11.8 Å². The fraction of sp³-hybridized carbons (Fsp3) is 0.444. The number of aromatic nitrogens is 1. The van der Waals surface area contributed by atoms with Crippen molar-refractivity contribution in [1.29, 1.82) is 0 Å². The fourth-order valence-corrected chi connectivity index (χ4v) is 6.26. The molecule has 5 rings (SSSR count). The van der Waals surface area contributed by atoms with Gasteiger partial charge in [0.05, 0.1) is 11.8 Å². The van der Waals surface area contributed by atoms with E-state index in [0.717, 1.165) is 54.0 Å². The van der Waals surface area contributed by atoms with Crippen LogP contribution in [0.3, 0.4) is 0 Å². The van der Waals surface area contributed by atoms with Crippen molar-refractivity contribution >= 4 is 57.0 Å². The highest BCUT2D eigenvalue weighted by molar-refractivity contribution is 7.98. The highest BCUT2D eigenvalue weighted by atomic mass is 32.2. The summed E-state index contributed by atoms with van der Waals surface area (Å²) in [5, 5.41) is 5.25. The number of nitrogens with one attached hydrogen (secondary N) is 1. The molecular weight excluding hydrogens is 446 g/mol. The molecule has 3 aromatic rings. The maximum Gasteiger partial charge on any atom is 0.247 e. The Labute approximate surface area is 204 Å². The molecule has 0 bridgehead atoms. The van der Waals surface area contributed by atoms with Gasteiger partial charge in [0.25, 0.3) is 0 Å². The summed E-state index contributed by atoms with van der Waals surface area (Å²) in [5.41, 5.74) is 2.97. The predicted octanol–water partition coefficient (Wildman–Crippen LogP) is 5.05. The SMILES string of the molecule is CCn1c2ccccc2c2cc(NC(=O)C(CCSC)N3C(=O)C4CCCCC4C3=O)ccc21. The van der Waals surface area contributed by atoms with E-state index < -0.39 is 6.04 Å². The topological polar surface area (TPSA) is 71.4 Å². The van der Waals surface area contributed by atoms with E-state index >= 15 is 0 Å². The molecule has 7 heteroatoms. The van der Waals surface area contributed by atoms with Gasteiger partial charge in [0.1, 0.15) is 6.04 Å². The molecule has 1 aliphatic heterocycles. The van der Waals surface area contributed by atoms with Crippen LogP contribution in [-0.4, -0.2) is 45.2 Å². The first kappa shape index (κ1) is 23.0. The first-order chi connectivity index (χ1) is 16.5. The van der Waals surface area contributed by atoms with E-state index in [4.69, 9.17) is 0 Å². The maximum absolute atomic E-state index is 13.5. The summed E-state index contributed by atoms with van der Waals surface area (Å²) in [7, 11) is 0. The van der Waals surface area contributed by atoms with E-state index in [-0.39, 0.29) is 29.6 Å². The summed E-state index contributed by atoms with van der Waals surface area (Å²) < 4.78 is 2.26.